The fourth-order valence-corrected chi connectivity index (χ4v) is 3.31. The standard InChI is InChI=1S/C18H24FN3OS/c1-12(2)18-21-15(11-24-18)9-10-20-17(23)16(22(3)4)13-5-7-14(19)8-6-13/h5-8,11-12,16H,9-10H2,1-4H3,(H,20,23)/t16-/m0/s1. The van der Waals surface area contributed by atoms with Crippen molar-refractivity contribution in [2.24, 2.45) is 0 Å². The van der Waals surface area contributed by atoms with Crippen molar-refractivity contribution in [1.29, 1.82) is 0 Å². The Hall–Kier alpha value is -1.79. The average molecular weight is 349 g/mol. The molecule has 6 heteroatoms. The third-order valence-electron chi connectivity index (χ3n) is 3.69. The summed E-state index contributed by atoms with van der Waals surface area (Å²) >= 11 is 1.66. The lowest BCUT2D eigenvalue weighted by molar-refractivity contribution is -0.125. The maximum Gasteiger partial charge on any atom is 0.241 e. The van der Waals surface area contributed by atoms with Crippen LogP contribution in [0.4, 0.5) is 4.39 Å². The molecule has 0 saturated heterocycles. The number of likely N-dealkylation sites (N-methyl/N-ethyl adjacent to an activating group) is 1. The number of carbonyl (C=O) groups is 1. The van der Waals surface area contributed by atoms with Crippen LogP contribution in [0.5, 0.6) is 0 Å². The van der Waals surface area contributed by atoms with Gasteiger partial charge in [0.2, 0.25) is 5.91 Å². The second kappa shape index (κ2) is 8.35. The molecule has 0 saturated carbocycles. The van der Waals surface area contributed by atoms with Crippen molar-refractivity contribution < 1.29 is 9.18 Å². The zero-order valence-corrected chi connectivity index (χ0v) is 15.4. The molecule has 0 fully saturated rings. The Morgan fingerprint density at radius 3 is 2.50 bits per heavy atom. The number of thiazole rings is 1. The Balaban J connectivity index is 1.94. The van der Waals surface area contributed by atoms with Gasteiger partial charge >= 0.3 is 0 Å². The first-order valence-corrected chi connectivity index (χ1v) is 8.90. The van der Waals surface area contributed by atoms with Crippen molar-refractivity contribution in [3.8, 4) is 0 Å². The Labute approximate surface area is 146 Å². The highest BCUT2D eigenvalue weighted by atomic mass is 32.1. The predicted octanol–water partition coefficient (Wildman–Crippen LogP) is 3.37. The lowest BCUT2D eigenvalue weighted by Crippen LogP contribution is -2.37. The summed E-state index contributed by atoms with van der Waals surface area (Å²) in [7, 11) is 3.67. The van der Waals surface area contributed by atoms with Crippen molar-refractivity contribution in [2.45, 2.75) is 32.2 Å². The summed E-state index contributed by atoms with van der Waals surface area (Å²) in [6.45, 7) is 4.77. The van der Waals surface area contributed by atoms with Gasteiger partial charge < -0.3 is 5.32 Å². The molecule has 0 unspecified atom stereocenters. The van der Waals surface area contributed by atoms with Gasteiger partial charge in [0.25, 0.3) is 0 Å². The number of carbonyl (C=O) groups excluding carboxylic acids is 1. The number of benzene rings is 1. The number of nitrogens with zero attached hydrogens (tertiary/aromatic N) is 2. The Kier molecular flexibility index (Phi) is 6.45. The van der Waals surface area contributed by atoms with Crippen LogP contribution in [0.15, 0.2) is 29.6 Å². The summed E-state index contributed by atoms with van der Waals surface area (Å²) in [4.78, 5) is 18.9. The van der Waals surface area contributed by atoms with Crippen LogP contribution >= 0.6 is 11.3 Å². The third kappa shape index (κ3) is 4.85. The second-order valence-corrected chi connectivity index (χ2v) is 7.18. The maximum absolute atomic E-state index is 13.1. The highest BCUT2D eigenvalue weighted by Gasteiger charge is 2.22. The van der Waals surface area contributed by atoms with E-state index in [1.807, 2.05) is 24.4 Å². The Bertz CT molecular complexity index is 667. The van der Waals surface area contributed by atoms with Crippen molar-refractivity contribution in [3.05, 3.63) is 51.7 Å². The van der Waals surface area contributed by atoms with Crippen LogP contribution in [0.2, 0.25) is 0 Å². The van der Waals surface area contributed by atoms with E-state index in [1.165, 1.54) is 12.1 Å². The number of halogens is 1. The minimum atomic E-state index is -0.438. The summed E-state index contributed by atoms with van der Waals surface area (Å²) in [5.41, 5.74) is 1.78. The van der Waals surface area contributed by atoms with E-state index in [9.17, 15) is 9.18 Å². The summed E-state index contributed by atoms with van der Waals surface area (Å²) in [5.74, 6) is 0.0296. The maximum atomic E-state index is 13.1. The molecule has 1 heterocycles. The Morgan fingerprint density at radius 2 is 1.96 bits per heavy atom. The average Bonchev–Trinajstić information content (AvgIpc) is 2.98. The van der Waals surface area contributed by atoms with E-state index < -0.39 is 6.04 Å². The largest absolute Gasteiger partial charge is 0.354 e. The van der Waals surface area contributed by atoms with Gasteiger partial charge in [0.05, 0.1) is 10.7 Å². The molecule has 2 aromatic rings. The van der Waals surface area contributed by atoms with Gasteiger partial charge in [-0.25, -0.2) is 9.37 Å². The SMILES string of the molecule is CC(C)c1nc(CCNC(=O)[C@H](c2ccc(F)cc2)N(C)C)cs1. The molecule has 2 rings (SSSR count). The van der Waals surface area contributed by atoms with Gasteiger partial charge in [-0.15, -0.1) is 11.3 Å². The van der Waals surface area contributed by atoms with E-state index in [0.717, 1.165) is 16.3 Å². The molecule has 0 aliphatic heterocycles. The van der Waals surface area contributed by atoms with Crippen LogP contribution < -0.4 is 5.32 Å². The molecular formula is C18H24FN3OS. The zero-order valence-electron chi connectivity index (χ0n) is 14.5. The molecule has 0 radical (unpaired) electrons. The minimum absolute atomic E-state index is 0.0917. The van der Waals surface area contributed by atoms with Gasteiger partial charge in [0, 0.05) is 24.3 Å². The first-order chi connectivity index (χ1) is 11.4. The van der Waals surface area contributed by atoms with E-state index in [2.05, 4.69) is 24.1 Å². The number of hydrogen-bond donors (Lipinski definition) is 1. The zero-order chi connectivity index (χ0) is 17.7. The molecule has 1 aromatic heterocycles. The molecule has 1 aromatic carbocycles. The minimum Gasteiger partial charge on any atom is -0.354 e. The van der Waals surface area contributed by atoms with Gasteiger partial charge in [-0.3, -0.25) is 9.69 Å². The first-order valence-electron chi connectivity index (χ1n) is 8.02. The number of aromatic nitrogens is 1. The molecule has 1 atom stereocenters. The number of amides is 1. The summed E-state index contributed by atoms with van der Waals surface area (Å²) in [6.07, 6.45) is 0.707. The van der Waals surface area contributed by atoms with Crippen molar-refractivity contribution >= 4 is 17.2 Å². The van der Waals surface area contributed by atoms with Crippen molar-refractivity contribution in [2.75, 3.05) is 20.6 Å². The van der Waals surface area contributed by atoms with Crippen LogP contribution in [-0.4, -0.2) is 36.4 Å². The van der Waals surface area contributed by atoms with Gasteiger partial charge in [0.15, 0.2) is 0 Å². The monoisotopic (exact) mass is 349 g/mol. The molecule has 24 heavy (non-hydrogen) atoms. The molecule has 1 amide bonds. The highest BCUT2D eigenvalue weighted by molar-refractivity contribution is 7.09. The summed E-state index contributed by atoms with van der Waals surface area (Å²) in [5, 5.41) is 6.12. The van der Waals surface area contributed by atoms with Crippen LogP contribution in [0.3, 0.4) is 0 Å². The van der Waals surface area contributed by atoms with E-state index in [0.29, 0.717) is 18.9 Å². The second-order valence-electron chi connectivity index (χ2n) is 6.29. The Morgan fingerprint density at radius 1 is 1.29 bits per heavy atom. The smallest absolute Gasteiger partial charge is 0.241 e. The van der Waals surface area contributed by atoms with E-state index in [1.54, 1.807) is 23.5 Å². The molecule has 1 N–H and O–H groups in total. The van der Waals surface area contributed by atoms with Gasteiger partial charge in [-0.1, -0.05) is 26.0 Å². The van der Waals surface area contributed by atoms with Gasteiger partial charge in [0.1, 0.15) is 11.9 Å². The fraction of sp³-hybridized carbons (Fsp3) is 0.444. The predicted molar refractivity (Wildman–Crippen MR) is 95.7 cm³/mol. The lowest BCUT2D eigenvalue weighted by Gasteiger charge is -2.23. The number of nitrogens with one attached hydrogen (secondary N) is 1. The van der Waals surface area contributed by atoms with Crippen LogP contribution in [0, 0.1) is 5.82 Å². The van der Waals surface area contributed by atoms with Crippen LogP contribution in [-0.2, 0) is 11.2 Å². The molecule has 130 valence electrons. The molecule has 0 aliphatic carbocycles. The topological polar surface area (TPSA) is 45.2 Å². The van der Waals surface area contributed by atoms with Crippen LogP contribution in [0.25, 0.3) is 0 Å². The number of rotatable bonds is 7. The summed E-state index contributed by atoms with van der Waals surface area (Å²) < 4.78 is 13.1. The molecular weight excluding hydrogens is 325 g/mol. The first kappa shape index (κ1) is 18.5. The van der Waals surface area contributed by atoms with Gasteiger partial charge in [-0.2, -0.15) is 0 Å². The molecule has 0 bridgehead atoms. The fourth-order valence-electron chi connectivity index (χ4n) is 2.44. The summed E-state index contributed by atoms with van der Waals surface area (Å²) in [6, 6.07) is 5.61. The third-order valence-corrected chi connectivity index (χ3v) is 4.89. The van der Waals surface area contributed by atoms with E-state index in [4.69, 9.17) is 0 Å². The highest BCUT2D eigenvalue weighted by Crippen LogP contribution is 2.20. The lowest BCUT2D eigenvalue weighted by atomic mass is 10.1. The molecule has 0 spiro atoms. The van der Waals surface area contributed by atoms with E-state index in [-0.39, 0.29) is 11.7 Å². The molecule has 0 aliphatic rings. The van der Waals surface area contributed by atoms with E-state index >= 15 is 0 Å². The molecule has 4 nitrogen and oxygen atoms in total. The normalized spacial score (nSPS) is 12.6. The van der Waals surface area contributed by atoms with Crippen LogP contribution in [0.1, 0.15) is 42.1 Å². The number of hydrogen-bond acceptors (Lipinski definition) is 4. The van der Waals surface area contributed by atoms with Crippen molar-refractivity contribution in [1.82, 2.24) is 15.2 Å². The quantitative estimate of drug-likeness (QED) is 0.834. The van der Waals surface area contributed by atoms with Crippen molar-refractivity contribution in [3.63, 3.8) is 0 Å². The van der Waals surface area contributed by atoms with Gasteiger partial charge in [-0.05, 0) is 31.8 Å².